The number of aliphatic carboxylic acids is 1. The fraction of sp³-hybridized carbons (Fsp3) is 0.542. The monoisotopic (exact) mass is 566 g/mol. The largest absolute Gasteiger partial charge is 0.477 e. The number of halogens is 6. The Morgan fingerprint density at radius 3 is 2.26 bits per heavy atom. The molecule has 2 atom stereocenters. The molecule has 1 fully saturated rings. The average molecular weight is 566 g/mol. The number of amides is 2. The molecular formula is C24H28F6N4O5. The Labute approximate surface area is 220 Å². The van der Waals surface area contributed by atoms with E-state index in [1.807, 2.05) is 0 Å². The van der Waals surface area contributed by atoms with Gasteiger partial charge in [0, 0.05) is 38.7 Å². The first-order valence-corrected chi connectivity index (χ1v) is 11.8. The van der Waals surface area contributed by atoms with Gasteiger partial charge < -0.3 is 29.9 Å². The third kappa shape index (κ3) is 6.87. The van der Waals surface area contributed by atoms with Crippen LogP contribution in [0.3, 0.4) is 0 Å². The smallest absolute Gasteiger partial charge is 0.427 e. The lowest BCUT2D eigenvalue weighted by Gasteiger charge is -2.40. The normalized spacial score (nSPS) is 18.7. The number of hydrogen-bond acceptors (Lipinski definition) is 6. The van der Waals surface area contributed by atoms with Crippen LogP contribution in [0, 0.1) is 17.5 Å². The van der Waals surface area contributed by atoms with Crippen LogP contribution >= 0.6 is 0 Å². The molecule has 0 saturated carbocycles. The lowest BCUT2D eigenvalue weighted by atomic mass is 10.0. The SMILES string of the molecule is CN1C(C(=O)O)=C2CN(C(=O)CC(Cc3cc(F)c(F)cc3F)NC(=O)OC(C)(C)C)CCN2C1C(F)(F)F. The molecule has 1 aromatic carbocycles. The first-order chi connectivity index (χ1) is 17.9. The van der Waals surface area contributed by atoms with Gasteiger partial charge in [0.1, 0.15) is 17.1 Å². The minimum atomic E-state index is -4.78. The number of carboxylic acid groups (broad SMARTS) is 1. The van der Waals surface area contributed by atoms with Crippen molar-refractivity contribution in [3.05, 3.63) is 46.5 Å². The highest BCUT2D eigenvalue weighted by Gasteiger charge is 2.54. The third-order valence-corrected chi connectivity index (χ3v) is 6.13. The summed E-state index contributed by atoms with van der Waals surface area (Å²) in [7, 11) is 0.996. The maximum Gasteiger partial charge on any atom is 0.427 e. The summed E-state index contributed by atoms with van der Waals surface area (Å²) in [5.41, 5.74) is -2.10. The van der Waals surface area contributed by atoms with Crippen molar-refractivity contribution in [2.24, 2.45) is 0 Å². The van der Waals surface area contributed by atoms with Crippen molar-refractivity contribution in [3.63, 3.8) is 0 Å². The number of rotatable bonds is 6. The summed E-state index contributed by atoms with van der Waals surface area (Å²) in [4.78, 5) is 39.9. The van der Waals surface area contributed by atoms with E-state index in [0.29, 0.717) is 17.0 Å². The van der Waals surface area contributed by atoms with E-state index in [1.165, 1.54) is 0 Å². The number of carbonyl (C=O) groups excluding carboxylic acids is 2. The first-order valence-electron chi connectivity index (χ1n) is 11.8. The molecule has 2 heterocycles. The highest BCUT2D eigenvalue weighted by molar-refractivity contribution is 5.88. The van der Waals surface area contributed by atoms with Crippen molar-refractivity contribution in [3.8, 4) is 0 Å². The molecule has 2 unspecified atom stereocenters. The van der Waals surface area contributed by atoms with Crippen molar-refractivity contribution in [1.82, 2.24) is 20.0 Å². The summed E-state index contributed by atoms with van der Waals surface area (Å²) in [6, 6.07) is -0.274. The van der Waals surface area contributed by atoms with Gasteiger partial charge in [0.05, 0.1) is 12.2 Å². The van der Waals surface area contributed by atoms with E-state index in [9.17, 15) is 45.8 Å². The summed E-state index contributed by atoms with van der Waals surface area (Å²) in [6.45, 7) is 3.73. The third-order valence-electron chi connectivity index (χ3n) is 6.13. The van der Waals surface area contributed by atoms with Crippen LogP contribution in [0.15, 0.2) is 23.5 Å². The summed E-state index contributed by atoms with van der Waals surface area (Å²) >= 11 is 0. The molecule has 2 amide bonds. The second kappa shape index (κ2) is 10.8. The number of fused-ring (bicyclic) bond motifs is 1. The minimum absolute atomic E-state index is 0.200. The molecule has 0 aromatic heterocycles. The second-order valence-corrected chi connectivity index (χ2v) is 10.2. The number of hydrogen-bond donors (Lipinski definition) is 2. The minimum Gasteiger partial charge on any atom is -0.477 e. The molecule has 0 aliphatic carbocycles. The lowest BCUT2D eigenvalue weighted by molar-refractivity contribution is -0.206. The Bertz CT molecular complexity index is 1180. The van der Waals surface area contributed by atoms with Crippen LogP contribution in [0.4, 0.5) is 31.1 Å². The molecule has 216 valence electrons. The molecule has 0 spiro atoms. The predicted molar refractivity (Wildman–Crippen MR) is 123 cm³/mol. The molecule has 2 N–H and O–H groups in total. The molecule has 39 heavy (non-hydrogen) atoms. The number of benzene rings is 1. The summed E-state index contributed by atoms with van der Waals surface area (Å²) in [5, 5.41) is 11.9. The van der Waals surface area contributed by atoms with Gasteiger partial charge in [-0.05, 0) is 38.8 Å². The number of nitrogens with zero attached hydrogens (tertiary/aromatic N) is 3. The van der Waals surface area contributed by atoms with E-state index in [1.54, 1.807) is 20.8 Å². The first kappa shape index (κ1) is 29.9. The molecule has 1 saturated heterocycles. The van der Waals surface area contributed by atoms with Crippen LogP contribution in [-0.2, 0) is 20.7 Å². The topological polar surface area (TPSA) is 102 Å². The fourth-order valence-electron chi connectivity index (χ4n) is 4.59. The maximum atomic E-state index is 14.3. The van der Waals surface area contributed by atoms with Crippen molar-refractivity contribution >= 4 is 18.0 Å². The van der Waals surface area contributed by atoms with Crippen LogP contribution in [-0.4, -0.2) is 88.4 Å². The van der Waals surface area contributed by atoms with Crippen molar-refractivity contribution in [1.29, 1.82) is 0 Å². The van der Waals surface area contributed by atoms with Gasteiger partial charge in [-0.2, -0.15) is 13.2 Å². The van der Waals surface area contributed by atoms with E-state index < -0.39 is 84.5 Å². The molecule has 3 rings (SSSR count). The van der Waals surface area contributed by atoms with Crippen LogP contribution in [0.2, 0.25) is 0 Å². The van der Waals surface area contributed by atoms with Crippen LogP contribution < -0.4 is 5.32 Å². The number of nitrogens with one attached hydrogen (secondary N) is 1. The average Bonchev–Trinajstić information content (AvgIpc) is 3.07. The van der Waals surface area contributed by atoms with Gasteiger partial charge >= 0.3 is 18.2 Å². The standard InChI is InChI=1S/C24H28F6N4O5/c1-23(2,3)39-22(38)31-13(7-12-8-15(26)16(27)10-14(12)25)9-18(35)33-5-6-34-17(11-33)19(20(36)37)32(4)21(34)24(28,29)30/h8,10,13,21H,5-7,9,11H2,1-4H3,(H,31,38)(H,36,37). The number of piperazine rings is 1. The van der Waals surface area contributed by atoms with Gasteiger partial charge in [0.25, 0.3) is 0 Å². The number of alkyl carbamates (subject to hydrolysis) is 1. The van der Waals surface area contributed by atoms with E-state index in [2.05, 4.69) is 5.32 Å². The Hall–Kier alpha value is -3.65. The van der Waals surface area contributed by atoms with Crippen molar-refractivity contribution in [2.75, 3.05) is 26.7 Å². The zero-order chi connectivity index (χ0) is 29.4. The maximum absolute atomic E-state index is 14.3. The Morgan fingerprint density at radius 2 is 1.69 bits per heavy atom. The van der Waals surface area contributed by atoms with E-state index in [4.69, 9.17) is 4.74 Å². The van der Waals surface area contributed by atoms with Gasteiger partial charge in [0.2, 0.25) is 12.1 Å². The number of ether oxygens (including phenoxy) is 1. The molecular weight excluding hydrogens is 538 g/mol. The van der Waals surface area contributed by atoms with Gasteiger partial charge in [-0.15, -0.1) is 0 Å². The Kier molecular flexibility index (Phi) is 8.32. The molecule has 0 bridgehead atoms. The van der Waals surface area contributed by atoms with Gasteiger partial charge in [-0.3, -0.25) is 4.79 Å². The molecule has 0 radical (unpaired) electrons. The summed E-state index contributed by atoms with van der Waals surface area (Å²) in [6.07, 6.45) is -8.94. The van der Waals surface area contributed by atoms with E-state index in [-0.39, 0.29) is 24.4 Å². The lowest BCUT2D eigenvalue weighted by Crippen LogP contribution is -2.55. The van der Waals surface area contributed by atoms with Crippen molar-refractivity contribution < 1.29 is 50.6 Å². The zero-order valence-electron chi connectivity index (χ0n) is 21.5. The number of carboxylic acids is 1. The Balaban J connectivity index is 1.83. The zero-order valence-corrected chi connectivity index (χ0v) is 21.5. The highest BCUT2D eigenvalue weighted by atomic mass is 19.4. The molecule has 2 aliphatic rings. The number of carbonyl (C=O) groups is 3. The number of alkyl halides is 3. The molecule has 15 heteroatoms. The predicted octanol–water partition coefficient (Wildman–Crippen LogP) is 3.20. The van der Waals surface area contributed by atoms with E-state index >= 15 is 0 Å². The van der Waals surface area contributed by atoms with Crippen LogP contribution in [0.1, 0.15) is 32.8 Å². The summed E-state index contributed by atoms with van der Waals surface area (Å²) in [5.74, 6) is -6.19. The fourth-order valence-corrected chi connectivity index (χ4v) is 4.59. The van der Waals surface area contributed by atoms with Crippen molar-refractivity contribution in [2.45, 2.75) is 57.6 Å². The molecule has 2 aliphatic heterocycles. The van der Waals surface area contributed by atoms with E-state index in [0.717, 1.165) is 16.8 Å². The van der Waals surface area contributed by atoms with Gasteiger partial charge in [-0.1, -0.05) is 0 Å². The number of likely N-dealkylation sites (N-methyl/N-ethyl adjacent to an activating group) is 1. The van der Waals surface area contributed by atoms with Crippen LogP contribution in [0.5, 0.6) is 0 Å². The summed E-state index contributed by atoms with van der Waals surface area (Å²) < 4.78 is 87.6. The van der Waals surface area contributed by atoms with Gasteiger partial charge in [-0.25, -0.2) is 22.8 Å². The quantitative estimate of drug-likeness (QED) is 0.403. The molecule has 9 nitrogen and oxygen atoms in total. The second-order valence-electron chi connectivity index (χ2n) is 10.2. The van der Waals surface area contributed by atoms with Crippen LogP contribution in [0.25, 0.3) is 0 Å². The highest BCUT2D eigenvalue weighted by Crippen LogP contribution is 2.39. The van der Waals surface area contributed by atoms with Gasteiger partial charge in [0.15, 0.2) is 11.6 Å². The molecule has 1 aromatic rings. The Morgan fingerprint density at radius 1 is 1.08 bits per heavy atom.